The number of morpholine rings is 1. The molecule has 2 aromatic heterocycles. The summed E-state index contributed by atoms with van der Waals surface area (Å²) in [5.74, 6) is -0.0567. The summed E-state index contributed by atoms with van der Waals surface area (Å²) in [5.41, 5.74) is 0. The molecule has 2 aromatic rings. The smallest absolute Gasteiger partial charge is 0.285 e. The lowest BCUT2D eigenvalue weighted by molar-refractivity contribution is 0.0302. The summed E-state index contributed by atoms with van der Waals surface area (Å²) < 4.78 is 6.70. The molecule has 1 aliphatic heterocycles. The first-order valence-electron chi connectivity index (χ1n) is 4.88. The van der Waals surface area contributed by atoms with E-state index in [1.54, 1.807) is 4.90 Å². The number of nitrogens with zero attached hydrogens (tertiary/aromatic N) is 5. The normalized spacial score (nSPS) is 16.9. The maximum absolute atomic E-state index is 12.0. The Kier molecular flexibility index (Phi) is 2.29. The van der Waals surface area contributed by atoms with Crippen LogP contribution >= 0.6 is 11.3 Å². The lowest BCUT2D eigenvalue weighted by Gasteiger charge is -2.25. The van der Waals surface area contributed by atoms with E-state index in [4.69, 9.17) is 4.74 Å². The Hall–Kier alpha value is -1.54. The first kappa shape index (κ1) is 9.67. The van der Waals surface area contributed by atoms with E-state index < -0.39 is 0 Å². The number of amides is 1. The average Bonchev–Trinajstić information content (AvgIpc) is 2.89. The van der Waals surface area contributed by atoms with Gasteiger partial charge in [-0.2, -0.15) is 4.52 Å². The molecular weight excluding hydrogens is 230 g/mol. The van der Waals surface area contributed by atoms with E-state index in [2.05, 4.69) is 15.3 Å². The number of carbonyl (C=O) groups excluding carboxylic acids is 1. The summed E-state index contributed by atoms with van der Waals surface area (Å²) in [6.45, 7) is 2.43. The Morgan fingerprint density at radius 2 is 2.25 bits per heavy atom. The molecule has 1 saturated heterocycles. The predicted octanol–water partition coefficient (Wildman–Crippen LogP) is -0.342. The second-order valence-electron chi connectivity index (χ2n) is 3.37. The maximum atomic E-state index is 12.0. The second kappa shape index (κ2) is 3.80. The van der Waals surface area contributed by atoms with Crippen molar-refractivity contribution in [2.75, 3.05) is 26.3 Å². The van der Waals surface area contributed by atoms with Gasteiger partial charge in [0.1, 0.15) is 6.33 Å². The van der Waals surface area contributed by atoms with Crippen LogP contribution in [-0.2, 0) is 4.74 Å². The Balaban J connectivity index is 1.86. The third-order valence-corrected chi connectivity index (χ3v) is 3.27. The van der Waals surface area contributed by atoms with Crippen molar-refractivity contribution in [2.24, 2.45) is 0 Å². The molecule has 3 rings (SSSR count). The molecule has 0 radical (unpaired) electrons. The maximum Gasteiger partial charge on any atom is 0.285 e. The van der Waals surface area contributed by atoms with Gasteiger partial charge in [-0.15, -0.1) is 15.3 Å². The standard InChI is InChI=1S/C8H9N5O2S/c14-7(12-1-3-15-4-2-12)6-11-13-5-9-10-8(13)16-6/h5H,1-4H2. The molecule has 0 N–H and O–H groups in total. The van der Waals surface area contributed by atoms with Gasteiger partial charge in [0.05, 0.1) is 13.2 Å². The highest BCUT2D eigenvalue weighted by molar-refractivity contribution is 7.18. The van der Waals surface area contributed by atoms with Gasteiger partial charge in [0, 0.05) is 13.1 Å². The molecule has 0 atom stereocenters. The van der Waals surface area contributed by atoms with Crippen LogP contribution < -0.4 is 0 Å². The van der Waals surface area contributed by atoms with Crippen molar-refractivity contribution in [3.8, 4) is 0 Å². The van der Waals surface area contributed by atoms with Crippen LogP contribution in [0.2, 0.25) is 0 Å². The van der Waals surface area contributed by atoms with Gasteiger partial charge < -0.3 is 9.64 Å². The van der Waals surface area contributed by atoms with Crippen LogP contribution in [0, 0.1) is 0 Å². The molecule has 0 unspecified atom stereocenters. The Labute approximate surface area is 94.6 Å². The fourth-order valence-corrected chi connectivity index (χ4v) is 2.34. The van der Waals surface area contributed by atoms with E-state index in [0.717, 1.165) is 0 Å². The number of ether oxygens (including phenoxy) is 1. The van der Waals surface area contributed by atoms with E-state index >= 15 is 0 Å². The molecule has 0 spiro atoms. The van der Waals surface area contributed by atoms with Crippen molar-refractivity contribution in [1.29, 1.82) is 0 Å². The van der Waals surface area contributed by atoms with E-state index in [0.29, 0.717) is 36.3 Å². The molecule has 0 aromatic carbocycles. The first-order valence-corrected chi connectivity index (χ1v) is 5.70. The van der Waals surface area contributed by atoms with Crippen LogP contribution in [0.1, 0.15) is 9.80 Å². The summed E-state index contributed by atoms with van der Waals surface area (Å²) in [5, 5.41) is 12.1. The number of rotatable bonds is 1. The zero-order valence-electron chi connectivity index (χ0n) is 8.37. The Morgan fingerprint density at radius 1 is 1.44 bits per heavy atom. The number of carbonyl (C=O) groups is 1. The largest absolute Gasteiger partial charge is 0.378 e. The fourth-order valence-electron chi connectivity index (χ4n) is 1.55. The minimum atomic E-state index is -0.0567. The van der Waals surface area contributed by atoms with Crippen LogP contribution in [-0.4, -0.2) is 56.9 Å². The zero-order valence-corrected chi connectivity index (χ0v) is 9.18. The van der Waals surface area contributed by atoms with Crippen molar-refractivity contribution in [2.45, 2.75) is 0 Å². The number of aromatic nitrogens is 4. The monoisotopic (exact) mass is 239 g/mol. The number of fused-ring (bicyclic) bond motifs is 1. The van der Waals surface area contributed by atoms with Crippen molar-refractivity contribution < 1.29 is 9.53 Å². The van der Waals surface area contributed by atoms with Gasteiger partial charge in [-0.25, -0.2) is 0 Å². The minimum absolute atomic E-state index is 0.0567. The second-order valence-corrected chi connectivity index (χ2v) is 4.33. The van der Waals surface area contributed by atoms with Crippen molar-refractivity contribution in [3.63, 3.8) is 0 Å². The van der Waals surface area contributed by atoms with E-state index in [-0.39, 0.29) is 5.91 Å². The quantitative estimate of drug-likeness (QED) is 0.680. The van der Waals surface area contributed by atoms with Crippen molar-refractivity contribution in [3.05, 3.63) is 11.3 Å². The summed E-state index contributed by atoms with van der Waals surface area (Å²) >= 11 is 1.25. The molecule has 1 amide bonds. The SMILES string of the molecule is O=C(c1nn2cnnc2s1)N1CCOCC1. The van der Waals surface area contributed by atoms with Crippen LogP contribution in [0.15, 0.2) is 6.33 Å². The van der Waals surface area contributed by atoms with Gasteiger partial charge in [-0.3, -0.25) is 4.79 Å². The Bertz CT molecular complexity index is 487. The molecule has 0 bridgehead atoms. The van der Waals surface area contributed by atoms with Gasteiger partial charge in [0.25, 0.3) is 5.91 Å². The fraction of sp³-hybridized carbons (Fsp3) is 0.500. The minimum Gasteiger partial charge on any atom is -0.378 e. The summed E-state index contributed by atoms with van der Waals surface area (Å²) in [7, 11) is 0. The third-order valence-electron chi connectivity index (χ3n) is 2.37. The topological polar surface area (TPSA) is 72.6 Å². The van der Waals surface area contributed by atoms with Crippen LogP contribution in [0.25, 0.3) is 4.96 Å². The summed E-state index contributed by atoms with van der Waals surface area (Å²) in [6, 6.07) is 0. The molecule has 3 heterocycles. The van der Waals surface area contributed by atoms with Gasteiger partial charge in [-0.1, -0.05) is 11.3 Å². The molecule has 16 heavy (non-hydrogen) atoms. The average molecular weight is 239 g/mol. The molecular formula is C8H9N5O2S. The lowest BCUT2D eigenvalue weighted by Crippen LogP contribution is -2.40. The first-order chi connectivity index (χ1) is 7.84. The van der Waals surface area contributed by atoms with Gasteiger partial charge in [0.2, 0.25) is 9.97 Å². The highest BCUT2D eigenvalue weighted by Crippen LogP contribution is 2.14. The van der Waals surface area contributed by atoms with Gasteiger partial charge in [0.15, 0.2) is 0 Å². The highest BCUT2D eigenvalue weighted by Gasteiger charge is 2.22. The molecule has 1 fully saturated rings. The van der Waals surface area contributed by atoms with Crippen LogP contribution in [0.4, 0.5) is 0 Å². The molecule has 8 heteroatoms. The van der Waals surface area contributed by atoms with Gasteiger partial charge in [-0.05, 0) is 0 Å². The lowest BCUT2D eigenvalue weighted by atomic mass is 10.4. The van der Waals surface area contributed by atoms with Crippen molar-refractivity contribution in [1.82, 2.24) is 24.7 Å². The number of hydrogen-bond donors (Lipinski definition) is 0. The summed E-state index contributed by atoms with van der Waals surface area (Å²) in [6.07, 6.45) is 1.49. The van der Waals surface area contributed by atoms with E-state index in [1.807, 2.05) is 0 Å². The van der Waals surface area contributed by atoms with Crippen LogP contribution in [0.3, 0.4) is 0 Å². The zero-order chi connectivity index (χ0) is 11.0. The highest BCUT2D eigenvalue weighted by atomic mass is 32.1. The Morgan fingerprint density at radius 3 is 3.00 bits per heavy atom. The molecule has 0 aliphatic carbocycles. The number of hydrogen-bond acceptors (Lipinski definition) is 6. The molecule has 84 valence electrons. The van der Waals surface area contributed by atoms with Crippen LogP contribution in [0.5, 0.6) is 0 Å². The van der Waals surface area contributed by atoms with Gasteiger partial charge >= 0.3 is 0 Å². The van der Waals surface area contributed by atoms with E-state index in [1.165, 1.54) is 22.2 Å². The molecule has 7 nitrogen and oxygen atoms in total. The third kappa shape index (κ3) is 1.55. The summed E-state index contributed by atoms with van der Waals surface area (Å²) in [4.78, 5) is 14.4. The molecule has 1 aliphatic rings. The molecule has 0 saturated carbocycles. The predicted molar refractivity (Wildman–Crippen MR) is 55.4 cm³/mol. The van der Waals surface area contributed by atoms with E-state index in [9.17, 15) is 4.79 Å². The van der Waals surface area contributed by atoms with Crippen molar-refractivity contribution >= 4 is 22.2 Å².